The van der Waals surface area contributed by atoms with Crippen LogP contribution in [0.5, 0.6) is 0 Å². The third-order valence-electron chi connectivity index (χ3n) is 3.38. The summed E-state index contributed by atoms with van der Waals surface area (Å²) < 4.78 is 5.04. The molecule has 1 aliphatic carbocycles. The average Bonchev–Trinajstić information content (AvgIpc) is 3.15. The van der Waals surface area contributed by atoms with Gasteiger partial charge >= 0.3 is 5.97 Å². The first-order valence-corrected chi connectivity index (χ1v) is 6.06. The van der Waals surface area contributed by atoms with Gasteiger partial charge in [-0.2, -0.15) is 0 Å². The first kappa shape index (κ1) is 12.6. The van der Waals surface area contributed by atoms with E-state index in [9.17, 15) is 9.59 Å². The summed E-state index contributed by atoms with van der Waals surface area (Å²) in [5.41, 5.74) is -0.478. The van der Waals surface area contributed by atoms with Crippen molar-refractivity contribution in [1.29, 1.82) is 0 Å². The molecule has 2 atom stereocenters. The van der Waals surface area contributed by atoms with Gasteiger partial charge in [0, 0.05) is 11.5 Å². The van der Waals surface area contributed by atoms with Gasteiger partial charge in [0.1, 0.15) is 5.41 Å². The summed E-state index contributed by atoms with van der Waals surface area (Å²) in [7, 11) is 0. The molecule has 1 aliphatic rings. The van der Waals surface area contributed by atoms with E-state index >= 15 is 0 Å². The first-order valence-electron chi connectivity index (χ1n) is 6.06. The van der Waals surface area contributed by atoms with E-state index in [1.165, 1.54) is 0 Å². The van der Waals surface area contributed by atoms with Crippen LogP contribution in [0.1, 0.15) is 23.7 Å². The lowest BCUT2D eigenvalue weighted by Crippen LogP contribution is -2.30. The molecule has 1 aromatic carbocycles. The molecule has 94 valence electrons. The highest BCUT2D eigenvalue weighted by molar-refractivity contribution is 6.15. The Morgan fingerprint density at radius 2 is 2.11 bits per heavy atom. The lowest BCUT2D eigenvalue weighted by Gasteiger charge is -2.14. The Balaban J connectivity index is 2.30. The fourth-order valence-corrected chi connectivity index (χ4v) is 2.27. The van der Waals surface area contributed by atoms with Crippen molar-refractivity contribution in [3.8, 4) is 0 Å². The molecule has 0 spiro atoms. The van der Waals surface area contributed by atoms with Crippen LogP contribution in [0.25, 0.3) is 0 Å². The normalized spacial score (nSPS) is 25.3. The number of esters is 1. The Labute approximate surface area is 106 Å². The van der Waals surface area contributed by atoms with Crippen molar-refractivity contribution in [2.75, 3.05) is 6.61 Å². The largest absolute Gasteiger partial charge is 0.465 e. The smallest absolute Gasteiger partial charge is 0.320 e. The maximum Gasteiger partial charge on any atom is 0.320 e. The highest BCUT2D eigenvalue weighted by Gasteiger charge is 2.65. The number of allylic oxidation sites excluding steroid dienone is 1. The second kappa shape index (κ2) is 4.77. The Morgan fingerprint density at radius 3 is 2.61 bits per heavy atom. The number of carbonyl (C=O) groups excluding carboxylic acids is 2. The molecule has 0 aromatic heterocycles. The van der Waals surface area contributed by atoms with E-state index in [1.54, 1.807) is 37.3 Å². The molecular weight excluding hydrogens is 228 g/mol. The molecule has 1 saturated carbocycles. The monoisotopic (exact) mass is 244 g/mol. The van der Waals surface area contributed by atoms with Crippen molar-refractivity contribution >= 4 is 11.8 Å². The van der Waals surface area contributed by atoms with Gasteiger partial charge in [0.05, 0.1) is 6.61 Å². The fraction of sp³-hybridized carbons (Fsp3) is 0.333. The van der Waals surface area contributed by atoms with E-state index in [1.807, 2.05) is 6.07 Å². The van der Waals surface area contributed by atoms with E-state index in [0.717, 1.165) is 0 Å². The lowest BCUT2D eigenvalue weighted by molar-refractivity contribution is -0.147. The van der Waals surface area contributed by atoms with Crippen LogP contribution in [0.15, 0.2) is 43.0 Å². The third kappa shape index (κ3) is 1.86. The van der Waals surface area contributed by atoms with Crippen LogP contribution in [-0.2, 0) is 9.53 Å². The zero-order chi connectivity index (χ0) is 13.2. The van der Waals surface area contributed by atoms with E-state index in [4.69, 9.17) is 4.74 Å². The highest BCUT2D eigenvalue weighted by atomic mass is 16.5. The van der Waals surface area contributed by atoms with Crippen LogP contribution >= 0.6 is 0 Å². The minimum atomic E-state index is -1.03. The molecule has 1 aromatic rings. The predicted molar refractivity (Wildman–Crippen MR) is 68.1 cm³/mol. The van der Waals surface area contributed by atoms with Crippen molar-refractivity contribution in [3.05, 3.63) is 48.6 Å². The minimum Gasteiger partial charge on any atom is -0.465 e. The lowest BCUT2D eigenvalue weighted by atomic mass is 9.92. The SMILES string of the molecule is C=CC1C[C@]1(C(=O)OCC)C(=O)c1ccccc1. The molecule has 1 unspecified atom stereocenters. The molecule has 0 amide bonds. The molecule has 1 fully saturated rings. The maximum absolute atomic E-state index is 12.5. The number of rotatable bonds is 5. The van der Waals surface area contributed by atoms with Crippen LogP contribution in [0.2, 0.25) is 0 Å². The molecule has 3 nitrogen and oxygen atoms in total. The molecule has 0 bridgehead atoms. The van der Waals surface area contributed by atoms with E-state index < -0.39 is 11.4 Å². The second-order valence-electron chi connectivity index (χ2n) is 4.43. The van der Waals surface area contributed by atoms with Crippen LogP contribution < -0.4 is 0 Å². The molecular formula is C15H16O3. The summed E-state index contributed by atoms with van der Waals surface area (Å²) in [4.78, 5) is 24.5. The van der Waals surface area contributed by atoms with Gasteiger partial charge in [-0.25, -0.2) is 0 Å². The molecule has 18 heavy (non-hydrogen) atoms. The first-order chi connectivity index (χ1) is 8.66. The molecule has 0 aliphatic heterocycles. The third-order valence-corrected chi connectivity index (χ3v) is 3.38. The maximum atomic E-state index is 12.5. The van der Waals surface area contributed by atoms with Crippen molar-refractivity contribution in [2.45, 2.75) is 13.3 Å². The van der Waals surface area contributed by atoms with Gasteiger partial charge in [-0.05, 0) is 13.3 Å². The molecule has 0 N–H and O–H groups in total. The quantitative estimate of drug-likeness (QED) is 0.346. The number of ketones is 1. The summed E-state index contributed by atoms with van der Waals surface area (Å²) in [6.07, 6.45) is 2.17. The van der Waals surface area contributed by atoms with Gasteiger partial charge < -0.3 is 4.74 Å². The fourth-order valence-electron chi connectivity index (χ4n) is 2.27. The van der Waals surface area contributed by atoms with Gasteiger partial charge in [-0.3, -0.25) is 9.59 Å². The topological polar surface area (TPSA) is 43.4 Å². The van der Waals surface area contributed by atoms with Gasteiger partial charge in [-0.15, -0.1) is 6.58 Å². The Kier molecular flexibility index (Phi) is 3.32. The summed E-state index contributed by atoms with van der Waals surface area (Å²) >= 11 is 0. The standard InChI is InChI=1S/C15H16O3/c1-3-12-10-15(12,14(17)18-4-2)13(16)11-8-6-5-7-9-11/h3,5-9,12H,1,4,10H2,2H3/t12?,15-/m1/s1. The predicted octanol–water partition coefficient (Wildman–Crippen LogP) is 2.62. The second-order valence-corrected chi connectivity index (χ2v) is 4.43. The van der Waals surface area contributed by atoms with Crippen molar-refractivity contribution < 1.29 is 14.3 Å². The van der Waals surface area contributed by atoms with Crippen molar-refractivity contribution in [1.82, 2.24) is 0 Å². The molecule has 0 radical (unpaired) electrons. The van der Waals surface area contributed by atoms with Gasteiger partial charge in [0.25, 0.3) is 0 Å². The van der Waals surface area contributed by atoms with E-state index in [2.05, 4.69) is 6.58 Å². The number of hydrogen-bond acceptors (Lipinski definition) is 3. The summed E-state index contributed by atoms with van der Waals surface area (Å²) in [5, 5.41) is 0. The zero-order valence-corrected chi connectivity index (χ0v) is 10.4. The van der Waals surface area contributed by atoms with Crippen molar-refractivity contribution in [2.24, 2.45) is 11.3 Å². The molecule has 2 rings (SSSR count). The van der Waals surface area contributed by atoms with Crippen LogP contribution in [0.4, 0.5) is 0 Å². The molecule has 0 saturated heterocycles. The number of Topliss-reactive ketones (excluding diaryl/α,β-unsaturated/α-hetero) is 1. The van der Waals surface area contributed by atoms with Gasteiger partial charge in [-0.1, -0.05) is 36.4 Å². The Morgan fingerprint density at radius 1 is 1.44 bits per heavy atom. The number of hydrogen-bond donors (Lipinski definition) is 0. The van der Waals surface area contributed by atoms with Gasteiger partial charge in [0.2, 0.25) is 0 Å². The number of benzene rings is 1. The van der Waals surface area contributed by atoms with Gasteiger partial charge in [0.15, 0.2) is 5.78 Å². The highest BCUT2D eigenvalue weighted by Crippen LogP contribution is 2.56. The summed E-state index contributed by atoms with van der Waals surface area (Å²) in [5.74, 6) is -0.695. The van der Waals surface area contributed by atoms with Crippen molar-refractivity contribution in [3.63, 3.8) is 0 Å². The van der Waals surface area contributed by atoms with E-state index in [0.29, 0.717) is 12.0 Å². The van der Waals surface area contributed by atoms with Crippen LogP contribution in [-0.4, -0.2) is 18.4 Å². The molecule has 0 heterocycles. The number of ether oxygens (including phenoxy) is 1. The molecule has 3 heteroatoms. The van der Waals surface area contributed by atoms with E-state index in [-0.39, 0.29) is 18.3 Å². The van der Waals surface area contributed by atoms with Crippen LogP contribution in [0.3, 0.4) is 0 Å². The summed E-state index contributed by atoms with van der Waals surface area (Å²) in [6.45, 7) is 5.70. The number of carbonyl (C=O) groups is 2. The minimum absolute atomic E-state index is 0.107. The summed E-state index contributed by atoms with van der Waals surface area (Å²) in [6, 6.07) is 8.87. The Hall–Kier alpha value is -1.90. The average molecular weight is 244 g/mol. The zero-order valence-electron chi connectivity index (χ0n) is 10.4. The van der Waals surface area contributed by atoms with Crippen LogP contribution in [0, 0.1) is 11.3 Å². The Bertz CT molecular complexity index is 478.